The van der Waals surface area contributed by atoms with Crippen LogP contribution in [0.3, 0.4) is 0 Å². The molecule has 0 saturated carbocycles. The van der Waals surface area contributed by atoms with Crippen molar-refractivity contribution in [3.63, 3.8) is 0 Å². The maximum absolute atomic E-state index is 11.2. The zero-order chi connectivity index (χ0) is 12.4. The summed E-state index contributed by atoms with van der Waals surface area (Å²) in [6.07, 6.45) is 0. The molecule has 0 aromatic carbocycles. The van der Waals surface area contributed by atoms with E-state index in [-0.39, 0.29) is 11.8 Å². The number of aryl methyl sites for hydroxylation is 2. The number of nitrogens with zero attached hydrogens (tertiary/aromatic N) is 4. The third-order valence-corrected chi connectivity index (χ3v) is 2.12. The average molecular weight is 234 g/mol. The van der Waals surface area contributed by atoms with Gasteiger partial charge in [0.15, 0.2) is 0 Å². The molecule has 0 aliphatic rings. The molecule has 7 heteroatoms. The van der Waals surface area contributed by atoms with Gasteiger partial charge < -0.3 is 9.15 Å². The molecule has 0 radical (unpaired) electrons. The Kier molecular flexibility index (Phi) is 2.82. The van der Waals surface area contributed by atoms with Gasteiger partial charge in [0, 0.05) is 0 Å². The van der Waals surface area contributed by atoms with Crippen LogP contribution in [0.4, 0.5) is 0 Å². The summed E-state index contributed by atoms with van der Waals surface area (Å²) < 4.78 is 9.67. The number of ether oxygens (including phenoxy) is 1. The Labute approximate surface area is 96.8 Å². The van der Waals surface area contributed by atoms with Crippen molar-refractivity contribution < 1.29 is 13.9 Å². The minimum absolute atomic E-state index is 0.184. The van der Waals surface area contributed by atoms with Crippen molar-refractivity contribution >= 4 is 5.97 Å². The van der Waals surface area contributed by atoms with E-state index in [1.54, 1.807) is 19.9 Å². The third-order valence-electron chi connectivity index (χ3n) is 2.12. The third kappa shape index (κ3) is 2.12. The lowest BCUT2D eigenvalue weighted by molar-refractivity contribution is 0.0556. The monoisotopic (exact) mass is 234 g/mol. The second kappa shape index (κ2) is 4.28. The Bertz CT molecular complexity index is 564. The van der Waals surface area contributed by atoms with Crippen molar-refractivity contribution in [2.45, 2.75) is 13.8 Å². The smallest absolute Gasteiger partial charge is 0.396 e. The Balaban J connectivity index is 2.43. The van der Waals surface area contributed by atoms with Crippen LogP contribution in [0.2, 0.25) is 0 Å². The first-order valence-electron chi connectivity index (χ1n) is 4.85. The van der Waals surface area contributed by atoms with Gasteiger partial charge in [-0.05, 0) is 19.9 Å². The molecule has 0 atom stereocenters. The summed E-state index contributed by atoms with van der Waals surface area (Å²) in [6.45, 7) is 3.57. The van der Waals surface area contributed by atoms with Crippen molar-refractivity contribution in [2.75, 3.05) is 7.11 Å². The van der Waals surface area contributed by atoms with Crippen LogP contribution < -0.4 is 0 Å². The highest BCUT2D eigenvalue weighted by atomic mass is 16.5. The summed E-state index contributed by atoms with van der Waals surface area (Å²) in [7, 11) is 1.25. The molecule has 0 bridgehead atoms. The predicted molar refractivity (Wildman–Crippen MR) is 56.1 cm³/mol. The van der Waals surface area contributed by atoms with Gasteiger partial charge in [-0.25, -0.2) is 4.79 Å². The van der Waals surface area contributed by atoms with Crippen molar-refractivity contribution in [1.82, 2.24) is 20.4 Å². The molecule has 88 valence electrons. The van der Waals surface area contributed by atoms with Crippen LogP contribution in [0.1, 0.15) is 22.1 Å². The zero-order valence-corrected chi connectivity index (χ0v) is 9.59. The van der Waals surface area contributed by atoms with Crippen LogP contribution in [0.15, 0.2) is 10.5 Å². The maximum atomic E-state index is 11.2. The molecule has 0 amide bonds. The summed E-state index contributed by atoms with van der Waals surface area (Å²) >= 11 is 0. The molecule has 0 saturated heterocycles. The Morgan fingerprint density at radius 2 is 2.00 bits per heavy atom. The summed E-state index contributed by atoms with van der Waals surface area (Å²) in [6, 6.07) is 1.76. The van der Waals surface area contributed by atoms with Gasteiger partial charge in [0.25, 0.3) is 0 Å². The average Bonchev–Trinajstić information content (AvgIpc) is 2.80. The number of esters is 1. The largest absolute Gasteiger partial charge is 0.462 e. The van der Waals surface area contributed by atoms with Gasteiger partial charge >= 0.3 is 11.9 Å². The first-order valence-corrected chi connectivity index (χ1v) is 4.85. The highest BCUT2D eigenvalue weighted by Crippen LogP contribution is 2.20. The van der Waals surface area contributed by atoms with E-state index in [0.717, 1.165) is 5.69 Å². The molecular formula is C10H10N4O3. The second-order valence-electron chi connectivity index (χ2n) is 3.39. The molecule has 2 rings (SSSR count). The SMILES string of the molecule is COC(=O)c1nnc(-c2cc(C)nnc2C)o1. The second-order valence-corrected chi connectivity index (χ2v) is 3.39. The van der Waals surface area contributed by atoms with Crippen LogP contribution in [-0.2, 0) is 4.74 Å². The minimum Gasteiger partial charge on any atom is -0.462 e. The predicted octanol–water partition coefficient (Wildman–Crippen LogP) is 0.930. The van der Waals surface area contributed by atoms with E-state index in [0.29, 0.717) is 11.3 Å². The van der Waals surface area contributed by atoms with Gasteiger partial charge in [-0.3, -0.25) is 0 Å². The first-order chi connectivity index (χ1) is 8.11. The van der Waals surface area contributed by atoms with Gasteiger partial charge in [0.05, 0.1) is 24.1 Å². The van der Waals surface area contributed by atoms with Crippen molar-refractivity contribution in [3.8, 4) is 11.5 Å². The normalized spacial score (nSPS) is 10.3. The van der Waals surface area contributed by atoms with Gasteiger partial charge in [-0.2, -0.15) is 10.2 Å². The number of rotatable bonds is 2. The number of hydrogen-bond acceptors (Lipinski definition) is 7. The van der Waals surface area contributed by atoms with Crippen LogP contribution in [0.25, 0.3) is 11.5 Å². The van der Waals surface area contributed by atoms with Crippen LogP contribution in [-0.4, -0.2) is 33.5 Å². The van der Waals surface area contributed by atoms with E-state index in [2.05, 4.69) is 25.1 Å². The first kappa shape index (κ1) is 11.2. The number of aromatic nitrogens is 4. The van der Waals surface area contributed by atoms with Crippen molar-refractivity contribution in [3.05, 3.63) is 23.3 Å². The molecular weight excluding hydrogens is 224 g/mol. The number of methoxy groups -OCH3 is 1. The highest BCUT2D eigenvalue weighted by Gasteiger charge is 2.17. The lowest BCUT2D eigenvalue weighted by atomic mass is 10.2. The standard InChI is InChI=1S/C10H10N4O3/c1-5-4-7(6(2)12-11-5)8-13-14-9(17-8)10(15)16-3/h4H,1-3H3. The zero-order valence-electron chi connectivity index (χ0n) is 9.59. The van der Waals surface area contributed by atoms with Gasteiger partial charge in [-0.1, -0.05) is 0 Å². The van der Waals surface area contributed by atoms with Crippen LogP contribution in [0, 0.1) is 13.8 Å². The molecule has 0 N–H and O–H groups in total. The topological polar surface area (TPSA) is 91.0 Å². The lowest BCUT2D eigenvalue weighted by Gasteiger charge is -1.99. The van der Waals surface area contributed by atoms with Crippen LogP contribution >= 0.6 is 0 Å². The van der Waals surface area contributed by atoms with E-state index in [1.807, 2.05) is 0 Å². The molecule has 17 heavy (non-hydrogen) atoms. The van der Waals surface area contributed by atoms with E-state index < -0.39 is 5.97 Å². The summed E-state index contributed by atoms with van der Waals surface area (Å²) in [5, 5.41) is 15.2. The fourth-order valence-electron chi connectivity index (χ4n) is 1.27. The molecule has 0 spiro atoms. The van der Waals surface area contributed by atoms with E-state index in [4.69, 9.17) is 4.42 Å². The molecule has 0 aliphatic carbocycles. The minimum atomic E-state index is -0.667. The summed E-state index contributed by atoms with van der Waals surface area (Å²) in [5.41, 5.74) is 2.03. The van der Waals surface area contributed by atoms with Crippen molar-refractivity contribution in [1.29, 1.82) is 0 Å². The lowest BCUT2D eigenvalue weighted by Crippen LogP contribution is -2.00. The molecule has 0 fully saturated rings. The molecule has 7 nitrogen and oxygen atoms in total. The Morgan fingerprint density at radius 3 is 2.71 bits per heavy atom. The maximum Gasteiger partial charge on any atom is 0.396 e. The fraction of sp³-hybridized carbons (Fsp3) is 0.300. The van der Waals surface area contributed by atoms with E-state index >= 15 is 0 Å². The van der Waals surface area contributed by atoms with Gasteiger partial charge in [0.2, 0.25) is 5.89 Å². The highest BCUT2D eigenvalue weighted by molar-refractivity contribution is 5.84. The summed E-state index contributed by atoms with van der Waals surface area (Å²) in [5.74, 6) is -0.627. The molecule has 2 aromatic heterocycles. The van der Waals surface area contributed by atoms with E-state index in [1.165, 1.54) is 7.11 Å². The number of hydrogen-bond donors (Lipinski definition) is 0. The fourth-order valence-corrected chi connectivity index (χ4v) is 1.27. The molecule has 2 aromatic rings. The van der Waals surface area contributed by atoms with Gasteiger partial charge in [-0.15, -0.1) is 10.2 Å². The van der Waals surface area contributed by atoms with Gasteiger partial charge in [0.1, 0.15) is 0 Å². The van der Waals surface area contributed by atoms with Crippen LogP contribution in [0.5, 0.6) is 0 Å². The molecule has 2 heterocycles. The number of carbonyl (C=O) groups excluding carboxylic acids is 1. The number of carbonyl (C=O) groups is 1. The molecule has 0 aliphatic heterocycles. The quantitative estimate of drug-likeness (QED) is 0.713. The molecule has 0 unspecified atom stereocenters. The van der Waals surface area contributed by atoms with Crippen molar-refractivity contribution in [2.24, 2.45) is 0 Å². The summed E-state index contributed by atoms with van der Waals surface area (Å²) in [4.78, 5) is 11.2. The Morgan fingerprint density at radius 1 is 1.24 bits per heavy atom. The Hall–Kier alpha value is -2.31. The van der Waals surface area contributed by atoms with E-state index in [9.17, 15) is 4.79 Å².